The van der Waals surface area contributed by atoms with E-state index in [1.165, 1.54) is 5.39 Å². The molecule has 0 spiro atoms. The van der Waals surface area contributed by atoms with Crippen LogP contribution in [0.15, 0.2) is 43.0 Å². The topological polar surface area (TPSA) is 18.5 Å². The molecule has 16 heavy (non-hydrogen) atoms. The molecule has 0 amide bonds. The van der Waals surface area contributed by atoms with Gasteiger partial charge in [-0.25, -0.2) is 0 Å². The quantitative estimate of drug-likeness (QED) is 0.725. The Balaban J connectivity index is 2.35. The maximum absolute atomic E-state index is 5.38. The van der Waals surface area contributed by atoms with Crippen molar-refractivity contribution in [3.8, 4) is 5.75 Å². The van der Waals surface area contributed by atoms with Crippen LogP contribution in [0.25, 0.3) is 16.8 Å². The summed E-state index contributed by atoms with van der Waals surface area (Å²) in [6.07, 6.45) is 1.84. The summed E-state index contributed by atoms with van der Waals surface area (Å²) in [5.74, 6) is 0.820. The minimum atomic E-state index is 0.274. The first-order valence-corrected chi connectivity index (χ1v) is 5.11. The molecule has 2 aromatic carbocycles. The van der Waals surface area contributed by atoms with Gasteiger partial charge in [-0.2, -0.15) is 0 Å². The fourth-order valence-electron chi connectivity index (χ4n) is 1.59. The van der Waals surface area contributed by atoms with Crippen LogP contribution in [-0.2, 0) is 4.74 Å². The molecular formula is C14H14O2. The van der Waals surface area contributed by atoms with E-state index in [9.17, 15) is 0 Å². The minimum Gasteiger partial charge on any atom is -0.468 e. The van der Waals surface area contributed by atoms with Gasteiger partial charge in [-0.3, -0.25) is 0 Å². The first-order chi connectivity index (χ1) is 7.83. The second-order valence-electron chi connectivity index (χ2n) is 3.52. The number of fused-ring (bicyclic) bond motifs is 1. The molecule has 0 N–H and O–H groups in total. The Hall–Kier alpha value is -1.80. The van der Waals surface area contributed by atoms with Crippen LogP contribution in [0.2, 0.25) is 0 Å². The Bertz CT molecular complexity index is 503. The lowest BCUT2D eigenvalue weighted by Crippen LogP contribution is -1.98. The van der Waals surface area contributed by atoms with Gasteiger partial charge in [-0.1, -0.05) is 30.9 Å². The van der Waals surface area contributed by atoms with Crippen LogP contribution in [0.5, 0.6) is 5.75 Å². The van der Waals surface area contributed by atoms with Crippen molar-refractivity contribution >= 4 is 16.8 Å². The highest BCUT2D eigenvalue weighted by Crippen LogP contribution is 2.22. The SMILES string of the molecule is C=Cc1ccc2cc(OCOC)ccc2c1. The average Bonchev–Trinajstić information content (AvgIpc) is 2.35. The summed E-state index contributed by atoms with van der Waals surface area (Å²) in [5.41, 5.74) is 1.12. The van der Waals surface area contributed by atoms with Crippen molar-refractivity contribution in [2.24, 2.45) is 0 Å². The Labute approximate surface area is 95.1 Å². The summed E-state index contributed by atoms with van der Waals surface area (Å²) in [4.78, 5) is 0. The van der Waals surface area contributed by atoms with E-state index in [1.807, 2.05) is 30.3 Å². The monoisotopic (exact) mass is 214 g/mol. The average molecular weight is 214 g/mol. The molecular weight excluding hydrogens is 200 g/mol. The number of methoxy groups -OCH3 is 1. The van der Waals surface area contributed by atoms with Gasteiger partial charge in [-0.05, 0) is 34.5 Å². The predicted molar refractivity (Wildman–Crippen MR) is 66.5 cm³/mol. The Kier molecular flexibility index (Phi) is 3.22. The van der Waals surface area contributed by atoms with Crippen molar-refractivity contribution in [3.05, 3.63) is 48.5 Å². The van der Waals surface area contributed by atoms with Crippen LogP contribution < -0.4 is 4.74 Å². The lowest BCUT2D eigenvalue weighted by Gasteiger charge is -2.06. The molecule has 0 radical (unpaired) electrons. The summed E-state index contributed by atoms with van der Waals surface area (Å²) in [5, 5.41) is 2.33. The molecule has 0 atom stereocenters. The lowest BCUT2D eigenvalue weighted by atomic mass is 10.1. The van der Waals surface area contributed by atoms with Crippen LogP contribution in [0.1, 0.15) is 5.56 Å². The number of benzene rings is 2. The van der Waals surface area contributed by atoms with Crippen molar-refractivity contribution in [2.45, 2.75) is 0 Å². The zero-order chi connectivity index (χ0) is 11.4. The van der Waals surface area contributed by atoms with E-state index in [4.69, 9.17) is 9.47 Å². The van der Waals surface area contributed by atoms with Crippen molar-refractivity contribution in [1.82, 2.24) is 0 Å². The maximum Gasteiger partial charge on any atom is 0.188 e. The Morgan fingerprint density at radius 1 is 1.12 bits per heavy atom. The molecule has 0 bridgehead atoms. The zero-order valence-electron chi connectivity index (χ0n) is 9.27. The molecule has 0 saturated heterocycles. The smallest absolute Gasteiger partial charge is 0.188 e. The normalized spacial score (nSPS) is 10.3. The summed E-state index contributed by atoms with van der Waals surface area (Å²) in [7, 11) is 1.61. The van der Waals surface area contributed by atoms with Gasteiger partial charge >= 0.3 is 0 Å². The largest absolute Gasteiger partial charge is 0.468 e. The Morgan fingerprint density at radius 2 is 1.88 bits per heavy atom. The second kappa shape index (κ2) is 4.81. The van der Waals surface area contributed by atoms with Crippen molar-refractivity contribution in [1.29, 1.82) is 0 Å². The van der Waals surface area contributed by atoms with E-state index in [2.05, 4.69) is 18.7 Å². The molecule has 2 nitrogen and oxygen atoms in total. The van der Waals surface area contributed by atoms with Crippen LogP contribution >= 0.6 is 0 Å². The van der Waals surface area contributed by atoms with Gasteiger partial charge in [0.2, 0.25) is 0 Å². The standard InChI is InChI=1S/C14H14O2/c1-3-11-4-5-13-9-14(16-10-15-2)7-6-12(13)8-11/h3-9H,1,10H2,2H3. The third-order valence-corrected chi connectivity index (χ3v) is 2.41. The first kappa shape index (κ1) is 10.7. The number of rotatable bonds is 4. The first-order valence-electron chi connectivity index (χ1n) is 5.11. The van der Waals surface area contributed by atoms with Gasteiger partial charge < -0.3 is 9.47 Å². The molecule has 0 saturated carbocycles. The lowest BCUT2D eigenvalue weighted by molar-refractivity contribution is 0.0512. The summed E-state index contributed by atoms with van der Waals surface area (Å²) < 4.78 is 10.2. The molecule has 0 aliphatic carbocycles. The van der Waals surface area contributed by atoms with Crippen molar-refractivity contribution in [2.75, 3.05) is 13.9 Å². The van der Waals surface area contributed by atoms with Gasteiger partial charge in [0, 0.05) is 7.11 Å². The van der Waals surface area contributed by atoms with Gasteiger partial charge in [-0.15, -0.1) is 0 Å². The molecule has 0 fully saturated rings. The van der Waals surface area contributed by atoms with Gasteiger partial charge in [0.05, 0.1) is 0 Å². The molecule has 0 aliphatic heterocycles. The van der Waals surface area contributed by atoms with Gasteiger partial charge in [0.1, 0.15) is 5.75 Å². The van der Waals surface area contributed by atoms with Crippen LogP contribution in [0.4, 0.5) is 0 Å². The highest BCUT2D eigenvalue weighted by Gasteiger charge is 1.97. The second-order valence-corrected chi connectivity index (χ2v) is 3.52. The maximum atomic E-state index is 5.38. The molecule has 0 unspecified atom stereocenters. The van der Waals surface area contributed by atoms with Gasteiger partial charge in [0.25, 0.3) is 0 Å². The minimum absolute atomic E-state index is 0.274. The van der Waals surface area contributed by atoms with E-state index in [1.54, 1.807) is 7.11 Å². The zero-order valence-corrected chi connectivity index (χ0v) is 9.27. The summed E-state index contributed by atoms with van der Waals surface area (Å²) >= 11 is 0. The van der Waals surface area contributed by atoms with Crippen LogP contribution in [0, 0.1) is 0 Å². The fraction of sp³-hybridized carbons (Fsp3) is 0.143. The van der Waals surface area contributed by atoms with Gasteiger partial charge in [0.15, 0.2) is 6.79 Å². The third kappa shape index (κ3) is 2.23. The van der Waals surface area contributed by atoms with E-state index in [0.29, 0.717) is 0 Å². The number of hydrogen-bond acceptors (Lipinski definition) is 2. The summed E-state index contributed by atoms with van der Waals surface area (Å²) in [6.45, 7) is 4.03. The van der Waals surface area contributed by atoms with E-state index >= 15 is 0 Å². The van der Waals surface area contributed by atoms with Crippen molar-refractivity contribution in [3.63, 3.8) is 0 Å². The Morgan fingerprint density at radius 3 is 2.62 bits per heavy atom. The molecule has 2 rings (SSSR count). The highest BCUT2D eigenvalue weighted by molar-refractivity contribution is 5.85. The van der Waals surface area contributed by atoms with Crippen molar-refractivity contribution < 1.29 is 9.47 Å². The predicted octanol–water partition coefficient (Wildman–Crippen LogP) is 3.47. The highest BCUT2D eigenvalue weighted by atomic mass is 16.7. The van der Waals surface area contributed by atoms with E-state index in [0.717, 1.165) is 16.7 Å². The van der Waals surface area contributed by atoms with Crippen LogP contribution in [-0.4, -0.2) is 13.9 Å². The molecule has 0 aromatic heterocycles. The molecule has 2 heteroatoms. The number of ether oxygens (including phenoxy) is 2. The third-order valence-electron chi connectivity index (χ3n) is 2.41. The molecule has 2 aromatic rings. The molecule has 82 valence electrons. The van der Waals surface area contributed by atoms with Crippen LogP contribution in [0.3, 0.4) is 0 Å². The number of hydrogen-bond donors (Lipinski definition) is 0. The fourth-order valence-corrected chi connectivity index (χ4v) is 1.59. The molecule has 0 heterocycles. The van der Waals surface area contributed by atoms with E-state index in [-0.39, 0.29) is 6.79 Å². The summed E-state index contributed by atoms with van der Waals surface area (Å²) in [6, 6.07) is 12.2. The molecule has 0 aliphatic rings. The van der Waals surface area contributed by atoms with E-state index < -0.39 is 0 Å².